The Labute approximate surface area is 129 Å². The van der Waals surface area contributed by atoms with E-state index in [0.717, 1.165) is 37.1 Å². The van der Waals surface area contributed by atoms with Crippen LogP contribution in [0.2, 0.25) is 0 Å². The van der Waals surface area contributed by atoms with E-state index in [2.05, 4.69) is 32.2 Å². The molecule has 0 saturated heterocycles. The molecule has 21 heavy (non-hydrogen) atoms. The van der Waals surface area contributed by atoms with Crippen molar-refractivity contribution in [2.75, 3.05) is 20.3 Å². The highest BCUT2D eigenvalue weighted by molar-refractivity contribution is 5.44. The van der Waals surface area contributed by atoms with Crippen LogP contribution in [-0.4, -0.2) is 26.3 Å². The van der Waals surface area contributed by atoms with E-state index in [0.29, 0.717) is 0 Å². The third-order valence-electron chi connectivity index (χ3n) is 3.83. The molecule has 3 heteroatoms. The fraction of sp³-hybridized carbons (Fsp3) is 0.667. The largest absolute Gasteiger partial charge is 0.497 e. The van der Waals surface area contributed by atoms with Crippen LogP contribution >= 0.6 is 0 Å². The Morgan fingerprint density at radius 2 is 1.95 bits per heavy atom. The highest BCUT2D eigenvalue weighted by Gasteiger charge is 2.20. The van der Waals surface area contributed by atoms with E-state index in [4.69, 9.17) is 9.47 Å². The predicted molar refractivity (Wildman–Crippen MR) is 87.4 cm³/mol. The molecule has 0 bridgehead atoms. The Morgan fingerprint density at radius 3 is 2.57 bits per heavy atom. The lowest BCUT2D eigenvalue weighted by Crippen LogP contribution is -2.18. The fourth-order valence-electron chi connectivity index (χ4n) is 2.35. The molecule has 0 spiro atoms. The molecular weight excluding hydrogens is 262 g/mol. The van der Waals surface area contributed by atoms with Crippen LogP contribution in [0, 0.1) is 0 Å². The number of benzene rings is 1. The number of rotatable bonds is 8. The number of nitrogens with one attached hydrogen (secondary N) is 1. The smallest absolute Gasteiger partial charge is 0.123 e. The van der Waals surface area contributed by atoms with Gasteiger partial charge in [0.25, 0.3) is 0 Å². The van der Waals surface area contributed by atoms with Crippen LogP contribution in [0.25, 0.3) is 0 Å². The maximum absolute atomic E-state index is 6.00. The summed E-state index contributed by atoms with van der Waals surface area (Å²) in [6, 6.07) is 6.89. The molecule has 0 heterocycles. The van der Waals surface area contributed by atoms with Crippen LogP contribution in [-0.2, 0) is 5.41 Å². The summed E-state index contributed by atoms with van der Waals surface area (Å²) in [7, 11) is 1.70. The van der Waals surface area contributed by atoms with Crippen molar-refractivity contribution in [2.24, 2.45) is 0 Å². The molecule has 0 radical (unpaired) electrons. The fourth-order valence-corrected chi connectivity index (χ4v) is 2.35. The number of hydrogen-bond acceptors (Lipinski definition) is 3. The van der Waals surface area contributed by atoms with E-state index in [1.165, 1.54) is 24.8 Å². The molecule has 1 N–H and O–H groups in total. The minimum absolute atomic E-state index is 0.0530. The van der Waals surface area contributed by atoms with Crippen molar-refractivity contribution in [2.45, 2.75) is 57.9 Å². The summed E-state index contributed by atoms with van der Waals surface area (Å²) in [6.07, 6.45) is 4.99. The average Bonchev–Trinajstić information content (AvgIpc) is 3.25. The van der Waals surface area contributed by atoms with Crippen molar-refractivity contribution in [3.05, 3.63) is 23.8 Å². The molecule has 0 amide bonds. The second-order valence-electron chi connectivity index (χ2n) is 6.90. The third kappa shape index (κ3) is 5.24. The van der Waals surface area contributed by atoms with Crippen molar-refractivity contribution < 1.29 is 9.47 Å². The summed E-state index contributed by atoms with van der Waals surface area (Å²) >= 11 is 0. The summed E-state index contributed by atoms with van der Waals surface area (Å²) in [6.45, 7) is 8.50. The molecule has 1 aromatic carbocycles. The third-order valence-corrected chi connectivity index (χ3v) is 3.83. The minimum atomic E-state index is 0.0530. The van der Waals surface area contributed by atoms with E-state index < -0.39 is 0 Å². The molecule has 0 atom stereocenters. The number of hydrogen-bond donors (Lipinski definition) is 1. The molecule has 1 aliphatic carbocycles. The SMILES string of the molecule is COc1ccc(OCCCCNC2CC2)c(C(C)(C)C)c1. The molecule has 1 fully saturated rings. The Hall–Kier alpha value is -1.22. The highest BCUT2D eigenvalue weighted by atomic mass is 16.5. The van der Waals surface area contributed by atoms with Crippen molar-refractivity contribution in [1.29, 1.82) is 0 Å². The van der Waals surface area contributed by atoms with Gasteiger partial charge in [-0.25, -0.2) is 0 Å². The van der Waals surface area contributed by atoms with Gasteiger partial charge in [-0.2, -0.15) is 0 Å². The maximum atomic E-state index is 6.00. The lowest BCUT2D eigenvalue weighted by Gasteiger charge is -2.23. The van der Waals surface area contributed by atoms with Gasteiger partial charge in [-0.05, 0) is 55.8 Å². The molecule has 3 nitrogen and oxygen atoms in total. The maximum Gasteiger partial charge on any atom is 0.123 e. The summed E-state index contributed by atoms with van der Waals surface area (Å²) in [4.78, 5) is 0. The first kappa shape index (κ1) is 16.2. The Bertz CT molecular complexity index is 447. The zero-order valence-corrected chi connectivity index (χ0v) is 13.9. The molecule has 0 aromatic heterocycles. The average molecular weight is 291 g/mol. The highest BCUT2D eigenvalue weighted by Crippen LogP contribution is 2.34. The molecule has 0 aliphatic heterocycles. The van der Waals surface area contributed by atoms with E-state index in [9.17, 15) is 0 Å². The van der Waals surface area contributed by atoms with Crippen LogP contribution in [0.1, 0.15) is 52.0 Å². The van der Waals surface area contributed by atoms with Crippen LogP contribution in [0.15, 0.2) is 18.2 Å². The molecule has 2 rings (SSSR count). The van der Waals surface area contributed by atoms with E-state index >= 15 is 0 Å². The topological polar surface area (TPSA) is 30.5 Å². The van der Waals surface area contributed by atoms with Gasteiger partial charge in [0.05, 0.1) is 13.7 Å². The number of unbranched alkanes of at least 4 members (excludes halogenated alkanes) is 1. The second kappa shape index (κ2) is 7.17. The van der Waals surface area contributed by atoms with Gasteiger partial charge in [0, 0.05) is 11.6 Å². The van der Waals surface area contributed by atoms with Gasteiger partial charge < -0.3 is 14.8 Å². The van der Waals surface area contributed by atoms with Gasteiger partial charge in [-0.15, -0.1) is 0 Å². The summed E-state index contributed by atoms with van der Waals surface area (Å²) in [5, 5.41) is 3.53. The van der Waals surface area contributed by atoms with Crippen LogP contribution in [0.4, 0.5) is 0 Å². The molecule has 1 aliphatic rings. The Balaban J connectivity index is 1.83. The van der Waals surface area contributed by atoms with Crippen molar-refractivity contribution in [3.8, 4) is 11.5 Å². The standard InChI is InChI=1S/C18H29NO2/c1-18(2,3)16-13-15(20-4)9-10-17(16)21-12-6-5-11-19-14-7-8-14/h9-10,13-14,19H,5-8,11-12H2,1-4H3. The van der Waals surface area contributed by atoms with Crippen LogP contribution < -0.4 is 14.8 Å². The van der Waals surface area contributed by atoms with Gasteiger partial charge in [0.15, 0.2) is 0 Å². The summed E-state index contributed by atoms with van der Waals surface area (Å²) < 4.78 is 11.3. The molecule has 1 aromatic rings. The molecule has 1 saturated carbocycles. The lowest BCUT2D eigenvalue weighted by molar-refractivity contribution is 0.297. The second-order valence-corrected chi connectivity index (χ2v) is 6.90. The Morgan fingerprint density at radius 1 is 1.19 bits per heavy atom. The molecule has 118 valence electrons. The van der Waals surface area contributed by atoms with Crippen molar-refractivity contribution in [1.82, 2.24) is 5.32 Å². The molecular formula is C18H29NO2. The Kier molecular flexibility index (Phi) is 5.51. The van der Waals surface area contributed by atoms with Gasteiger partial charge in [0.1, 0.15) is 11.5 Å². The van der Waals surface area contributed by atoms with E-state index in [1.54, 1.807) is 7.11 Å². The zero-order chi connectivity index (χ0) is 15.3. The number of methoxy groups -OCH3 is 1. The molecule has 0 unspecified atom stereocenters. The first-order valence-corrected chi connectivity index (χ1v) is 8.05. The zero-order valence-electron chi connectivity index (χ0n) is 13.9. The summed E-state index contributed by atoms with van der Waals surface area (Å²) in [5.74, 6) is 1.87. The summed E-state index contributed by atoms with van der Waals surface area (Å²) in [5.41, 5.74) is 1.26. The first-order valence-electron chi connectivity index (χ1n) is 8.05. The number of ether oxygens (including phenoxy) is 2. The van der Waals surface area contributed by atoms with Crippen molar-refractivity contribution in [3.63, 3.8) is 0 Å². The normalized spacial score (nSPS) is 15.0. The van der Waals surface area contributed by atoms with Crippen LogP contribution in [0.3, 0.4) is 0 Å². The van der Waals surface area contributed by atoms with E-state index in [1.807, 2.05) is 12.1 Å². The van der Waals surface area contributed by atoms with E-state index in [-0.39, 0.29) is 5.41 Å². The van der Waals surface area contributed by atoms with Gasteiger partial charge in [-0.3, -0.25) is 0 Å². The van der Waals surface area contributed by atoms with Crippen molar-refractivity contribution >= 4 is 0 Å². The first-order chi connectivity index (χ1) is 10.0. The van der Waals surface area contributed by atoms with Gasteiger partial charge in [-0.1, -0.05) is 20.8 Å². The lowest BCUT2D eigenvalue weighted by atomic mass is 9.86. The van der Waals surface area contributed by atoms with Gasteiger partial charge >= 0.3 is 0 Å². The monoisotopic (exact) mass is 291 g/mol. The van der Waals surface area contributed by atoms with Gasteiger partial charge in [0.2, 0.25) is 0 Å². The quantitative estimate of drug-likeness (QED) is 0.737. The predicted octanol–water partition coefficient (Wildman–Crippen LogP) is 3.90. The minimum Gasteiger partial charge on any atom is -0.497 e. The van der Waals surface area contributed by atoms with Crippen LogP contribution in [0.5, 0.6) is 11.5 Å².